The number of para-hydroxylation sites is 1. The van der Waals surface area contributed by atoms with Crippen LogP contribution in [0.25, 0.3) is 0 Å². The summed E-state index contributed by atoms with van der Waals surface area (Å²) in [5.74, 6) is 1.73. The van der Waals surface area contributed by atoms with E-state index in [0.717, 1.165) is 11.5 Å². The van der Waals surface area contributed by atoms with Crippen molar-refractivity contribution in [2.45, 2.75) is 31.6 Å². The van der Waals surface area contributed by atoms with Gasteiger partial charge in [-0.3, -0.25) is 0 Å². The summed E-state index contributed by atoms with van der Waals surface area (Å²) in [5.41, 5.74) is 5.51. The fraction of sp³-hybridized carbons (Fsp3) is 0.143. The molecule has 5 rings (SSSR count). The predicted octanol–water partition coefficient (Wildman–Crippen LogP) is 9.16. The van der Waals surface area contributed by atoms with Gasteiger partial charge in [-0.15, -0.1) is 0 Å². The molecular weight excluding hydrogens is 436 g/mol. The summed E-state index contributed by atoms with van der Waals surface area (Å²) in [6.07, 6.45) is 0. The Morgan fingerprint density at radius 2 is 0.861 bits per heavy atom. The van der Waals surface area contributed by atoms with Crippen molar-refractivity contribution in [2.75, 3.05) is 0 Å². The van der Waals surface area contributed by atoms with Crippen LogP contribution in [0.1, 0.15) is 48.6 Å². The van der Waals surface area contributed by atoms with Crippen molar-refractivity contribution in [1.29, 1.82) is 0 Å². The molecule has 0 heterocycles. The predicted molar refractivity (Wildman–Crippen MR) is 150 cm³/mol. The van der Waals surface area contributed by atoms with Crippen molar-refractivity contribution >= 4 is 0 Å². The molecule has 1 heteroatoms. The second kappa shape index (κ2) is 9.87. The van der Waals surface area contributed by atoms with Crippen LogP contribution in [0, 0.1) is 0 Å². The number of rotatable bonds is 6. The lowest BCUT2D eigenvalue weighted by molar-refractivity contribution is 0.454. The van der Waals surface area contributed by atoms with Crippen LogP contribution in [0.3, 0.4) is 0 Å². The molecule has 5 aromatic rings. The zero-order valence-corrected chi connectivity index (χ0v) is 21.2. The van der Waals surface area contributed by atoms with Gasteiger partial charge < -0.3 is 4.74 Å². The van der Waals surface area contributed by atoms with Crippen LogP contribution in [0.5, 0.6) is 11.5 Å². The van der Waals surface area contributed by atoms with Gasteiger partial charge in [-0.05, 0) is 51.9 Å². The van der Waals surface area contributed by atoms with Crippen molar-refractivity contribution < 1.29 is 4.74 Å². The lowest BCUT2D eigenvalue weighted by Gasteiger charge is -2.38. The zero-order chi connectivity index (χ0) is 25.0. The largest absolute Gasteiger partial charge is 0.457 e. The zero-order valence-electron chi connectivity index (χ0n) is 21.2. The van der Waals surface area contributed by atoms with Crippen molar-refractivity contribution in [3.8, 4) is 11.5 Å². The highest BCUT2D eigenvalue weighted by Gasteiger charge is 2.39. The van der Waals surface area contributed by atoms with Crippen LogP contribution in [0.4, 0.5) is 0 Å². The van der Waals surface area contributed by atoms with Gasteiger partial charge in [0.2, 0.25) is 0 Å². The van der Waals surface area contributed by atoms with Crippen LogP contribution < -0.4 is 4.74 Å². The first-order valence-corrected chi connectivity index (χ1v) is 12.5. The molecule has 0 aliphatic heterocycles. The minimum absolute atomic E-state index is 0.115. The maximum Gasteiger partial charge on any atom is 0.131 e. The fourth-order valence-corrected chi connectivity index (χ4v) is 5.12. The average molecular weight is 469 g/mol. The Morgan fingerprint density at radius 3 is 1.28 bits per heavy atom. The lowest BCUT2D eigenvalue weighted by atomic mass is 9.64. The van der Waals surface area contributed by atoms with Gasteiger partial charge in [-0.25, -0.2) is 0 Å². The molecule has 178 valence electrons. The summed E-state index contributed by atoms with van der Waals surface area (Å²) in [7, 11) is 0. The molecule has 36 heavy (non-hydrogen) atoms. The van der Waals surface area contributed by atoms with E-state index in [0.29, 0.717) is 0 Å². The summed E-state index contributed by atoms with van der Waals surface area (Å²) in [6, 6.07) is 49.3. The average Bonchev–Trinajstić information content (AvgIpc) is 2.92. The van der Waals surface area contributed by atoms with Crippen molar-refractivity contribution in [3.05, 3.63) is 167 Å². The van der Waals surface area contributed by atoms with E-state index >= 15 is 0 Å². The van der Waals surface area contributed by atoms with Crippen molar-refractivity contribution in [1.82, 2.24) is 0 Å². The van der Waals surface area contributed by atoms with Gasteiger partial charge in [0, 0.05) is 5.56 Å². The topological polar surface area (TPSA) is 9.23 Å². The van der Waals surface area contributed by atoms with Gasteiger partial charge in [0.25, 0.3) is 0 Å². The molecule has 0 saturated carbocycles. The van der Waals surface area contributed by atoms with E-state index < -0.39 is 5.41 Å². The van der Waals surface area contributed by atoms with Crippen molar-refractivity contribution in [3.63, 3.8) is 0 Å². The minimum Gasteiger partial charge on any atom is -0.457 e. The first-order chi connectivity index (χ1) is 17.5. The highest BCUT2D eigenvalue weighted by atomic mass is 16.5. The molecule has 0 aliphatic carbocycles. The molecule has 0 spiro atoms. The molecular formula is C35H32O. The Labute approximate surface area is 215 Å². The molecule has 5 aromatic carbocycles. The van der Waals surface area contributed by atoms with Gasteiger partial charge in [0.1, 0.15) is 11.5 Å². The third-order valence-corrected chi connectivity index (χ3v) is 6.81. The number of ether oxygens (including phenoxy) is 1. The van der Waals surface area contributed by atoms with Gasteiger partial charge in [-0.2, -0.15) is 0 Å². The third kappa shape index (κ3) is 4.45. The first kappa shape index (κ1) is 23.6. The van der Waals surface area contributed by atoms with Crippen LogP contribution in [0.15, 0.2) is 140 Å². The molecule has 1 nitrogen and oxygen atoms in total. The highest BCUT2D eigenvalue weighted by Crippen LogP contribution is 2.47. The van der Waals surface area contributed by atoms with Gasteiger partial charge in [0.05, 0.1) is 5.41 Å². The van der Waals surface area contributed by atoms with E-state index in [1.165, 1.54) is 27.8 Å². The van der Waals surface area contributed by atoms with E-state index in [1.807, 2.05) is 30.3 Å². The second-order valence-electron chi connectivity index (χ2n) is 10.2. The third-order valence-electron chi connectivity index (χ3n) is 6.81. The summed E-state index contributed by atoms with van der Waals surface area (Å²) in [4.78, 5) is 0. The molecule has 0 radical (unpaired) electrons. The Morgan fingerprint density at radius 1 is 0.444 bits per heavy atom. The molecule has 0 fully saturated rings. The first-order valence-electron chi connectivity index (χ1n) is 12.5. The van der Waals surface area contributed by atoms with E-state index in [4.69, 9.17) is 4.74 Å². The molecule has 0 unspecified atom stereocenters. The normalized spacial score (nSPS) is 11.8. The highest BCUT2D eigenvalue weighted by molar-refractivity contribution is 5.61. The van der Waals surface area contributed by atoms with Gasteiger partial charge in [-0.1, -0.05) is 136 Å². The van der Waals surface area contributed by atoms with E-state index in [-0.39, 0.29) is 5.41 Å². The summed E-state index contributed by atoms with van der Waals surface area (Å²) >= 11 is 0. The molecule has 0 aliphatic rings. The minimum atomic E-state index is -0.477. The second-order valence-corrected chi connectivity index (χ2v) is 10.2. The molecule has 0 amide bonds. The van der Waals surface area contributed by atoms with E-state index in [9.17, 15) is 0 Å². The summed E-state index contributed by atoms with van der Waals surface area (Å²) in [5, 5.41) is 0. The molecule has 0 bridgehead atoms. The standard InChI is InChI=1S/C35H32O/c1-34(2,3)32-26-30(24-25-33(32)36-31-22-14-7-15-23-31)35(27-16-8-4-9-17-27,28-18-10-5-11-19-28)29-20-12-6-13-21-29/h4-26H,1-3H3. The van der Waals surface area contributed by atoms with Crippen molar-refractivity contribution in [2.24, 2.45) is 0 Å². The van der Waals surface area contributed by atoms with Gasteiger partial charge >= 0.3 is 0 Å². The van der Waals surface area contributed by atoms with E-state index in [1.54, 1.807) is 0 Å². The Hall–Kier alpha value is -4.10. The molecule has 0 aromatic heterocycles. The Balaban J connectivity index is 1.81. The van der Waals surface area contributed by atoms with Crippen LogP contribution in [-0.2, 0) is 10.8 Å². The smallest absolute Gasteiger partial charge is 0.131 e. The Kier molecular flexibility index (Phi) is 6.48. The maximum absolute atomic E-state index is 6.42. The SMILES string of the molecule is CC(C)(C)c1cc(C(c2ccccc2)(c2ccccc2)c2ccccc2)ccc1Oc1ccccc1. The van der Waals surface area contributed by atoms with Crippen LogP contribution in [-0.4, -0.2) is 0 Å². The van der Waals surface area contributed by atoms with Crippen LogP contribution in [0.2, 0.25) is 0 Å². The van der Waals surface area contributed by atoms with Gasteiger partial charge in [0.15, 0.2) is 0 Å². The fourth-order valence-electron chi connectivity index (χ4n) is 5.12. The summed E-state index contributed by atoms with van der Waals surface area (Å²) in [6.45, 7) is 6.75. The number of hydrogen-bond donors (Lipinski definition) is 0. The number of hydrogen-bond acceptors (Lipinski definition) is 1. The Bertz CT molecular complexity index is 1300. The quantitative estimate of drug-likeness (QED) is 0.226. The van der Waals surface area contributed by atoms with Crippen LogP contribution >= 0.6 is 0 Å². The monoisotopic (exact) mass is 468 g/mol. The molecule has 0 N–H and O–H groups in total. The lowest BCUT2D eigenvalue weighted by Crippen LogP contribution is -2.31. The molecule has 0 atom stereocenters. The maximum atomic E-state index is 6.42. The molecule has 0 saturated heterocycles. The summed E-state index contributed by atoms with van der Waals surface area (Å²) < 4.78 is 6.42. The van der Waals surface area contributed by atoms with E-state index in [2.05, 4.69) is 130 Å². The number of benzene rings is 5.